The maximum atomic E-state index is 12.6. The van der Waals surface area contributed by atoms with E-state index in [2.05, 4.69) is 26.0 Å². The van der Waals surface area contributed by atoms with Gasteiger partial charge in [-0.15, -0.1) is 0 Å². The summed E-state index contributed by atoms with van der Waals surface area (Å²) in [4.78, 5) is 35.1. The fourth-order valence-corrected chi connectivity index (χ4v) is 7.90. The molecule has 3 atom stereocenters. The highest BCUT2D eigenvalue weighted by Crippen LogP contribution is 2.43. The lowest BCUT2D eigenvalue weighted by Gasteiger charge is -2.20. The highest BCUT2D eigenvalue weighted by atomic mass is 31.2. The van der Waals surface area contributed by atoms with Gasteiger partial charge in [-0.3, -0.25) is 18.6 Å². The fourth-order valence-electron chi connectivity index (χ4n) is 7.11. The molecule has 0 heterocycles. The third kappa shape index (κ3) is 44.6. The number of aliphatic hydroxyl groups is 2. The second-order valence-corrected chi connectivity index (χ2v) is 18.3. The van der Waals surface area contributed by atoms with Crippen molar-refractivity contribution in [3.8, 4) is 0 Å². The number of carbonyl (C=O) groups excluding carboxylic acids is 2. The van der Waals surface area contributed by atoms with Crippen LogP contribution in [0.2, 0.25) is 0 Å². The van der Waals surface area contributed by atoms with Crippen molar-refractivity contribution in [3.05, 3.63) is 12.2 Å². The molecule has 10 nitrogen and oxygen atoms in total. The maximum Gasteiger partial charge on any atom is 0.472 e. The first kappa shape index (κ1) is 57.7. The standard InChI is InChI=1S/C48H93O10P/c1-3-5-7-9-11-13-15-17-19-20-21-22-23-24-26-27-29-31-33-35-37-39-47(51)55-43-46(44-57-59(53,54)56-42-45(50)41-49)58-48(52)40-38-36-34-32-30-28-25-18-16-14-12-10-8-6-4-2/h30,32,45-46,49-50H,3-29,31,33-44H2,1-2H3,(H,53,54)/b32-30+/t45-,46+/m1/s1. The molecule has 350 valence electrons. The number of unbranched alkanes of at least 4 members (excludes halogenated alkanes) is 31. The van der Waals surface area contributed by atoms with Crippen molar-refractivity contribution >= 4 is 19.8 Å². The Bertz CT molecular complexity index is 993. The molecular formula is C48H93O10P. The van der Waals surface area contributed by atoms with Gasteiger partial charge in [0.2, 0.25) is 0 Å². The van der Waals surface area contributed by atoms with Gasteiger partial charge in [0.05, 0.1) is 19.8 Å². The molecule has 0 fully saturated rings. The minimum absolute atomic E-state index is 0.159. The maximum absolute atomic E-state index is 12.6. The van der Waals surface area contributed by atoms with Crippen LogP contribution >= 0.6 is 7.82 Å². The summed E-state index contributed by atoms with van der Waals surface area (Å²) in [5.74, 6) is -0.936. The van der Waals surface area contributed by atoms with E-state index in [0.717, 1.165) is 38.5 Å². The number of esters is 2. The predicted octanol–water partition coefficient (Wildman–Crippen LogP) is 13.6. The zero-order valence-corrected chi connectivity index (χ0v) is 39.1. The van der Waals surface area contributed by atoms with Crippen LogP contribution in [0.5, 0.6) is 0 Å². The third-order valence-corrected chi connectivity index (χ3v) is 11.9. The highest BCUT2D eigenvalue weighted by Gasteiger charge is 2.27. The monoisotopic (exact) mass is 861 g/mol. The van der Waals surface area contributed by atoms with E-state index in [9.17, 15) is 24.2 Å². The molecule has 0 saturated carbocycles. The van der Waals surface area contributed by atoms with Crippen LogP contribution in [0.15, 0.2) is 12.2 Å². The average molecular weight is 861 g/mol. The van der Waals surface area contributed by atoms with Crippen LogP contribution in [0.1, 0.15) is 245 Å². The summed E-state index contributed by atoms with van der Waals surface area (Å²) in [6.07, 6.45) is 44.7. The van der Waals surface area contributed by atoms with Crippen LogP contribution in [0.3, 0.4) is 0 Å². The molecule has 11 heteroatoms. The van der Waals surface area contributed by atoms with Crippen molar-refractivity contribution in [1.29, 1.82) is 0 Å². The highest BCUT2D eigenvalue weighted by molar-refractivity contribution is 7.47. The number of hydrogen-bond donors (Lipinski definition) is 3. The molecule has 1 unspecified atom stereocenters. The molecule has 0 spiro atoms. The molecule has 0 aromatic carbocycles. The van der Waals surface area contributed by atoms with Gasteiger partial charge in [0.1, 0.15) is 12.7 Å². The van der Waals surface area contributed by atoms with E-state index in [1.165, 1.54) is 167 Å². The van der Waals surface area contributed by atoms with Crippen LogP contribution in [0.25, 0.3) is 0 Å². The van der Waals surface area contributed by atoms with Crippen molar-refractivity contribution in [1.82, 2.24) is 0 Å². The van der Waals surface area contributed by atoms with Gasteiger partial charge in [0.15, 0.2) is 6.10 Å². The lowest BCUT2D eigenvalue weighted by molar-refractivity contribution is -0.161. The summed E-state index contributed by atoms with van der Waals surface area (Å²) in [5, 5.41) is 18.4. The van der Waals surface area contributed by atoms with E-state index in [1.54, 1.807) is 0 Å². The zero-order valence-electron chi connectivity index (χ0n) is 38.2. The Morgan fingerprint density at radius 3 is 1.25 bits per heavy atom. The minimum atomic E-state index is -4.62. The number of rotatable bonds is 47. The summed E-state index contributed by atoms with van der Waals surface area (Å²) < 4.78 is 32.8. The van der Waals surface area contributed by atoms with E-state index in [1.807, 2.05) is 0 Å². The largest absolute Gasteiger partial charge is 0.472 e. The number of phosphoric acid groups is 1. The summed E-state index contributed by atoms with van der Waals surface area (Å²) in [6, 6.07) is 0. The van der Waals surface area contributed by atoms with Gasteiger partial charge in [-0.1, -0.05) is 206 Å². The molecule has 0 aromatic rings. The van der Waals surface area contributed by atoms with Gasteiger partial charge in [0, 0.05) is 12.8 Å². The Morgan fingerprint density at radius 1 is 0.492 bits per heavy atom. The Balaban J connectivity index is 4.16. The summed E-state index contributed by atoms with van der Waals surface area (Å²) in [7, 11) is -4.62. The van der Waals surface area contributed by atoms with E-state index in [-0.39, 0.29) is 19.4 Å². The third-order valence-electron chi connectivity index (χ3n) is 10.9. The van der Waals surface area contributed by atoms with Crippen LogP contribution in [0.4, 0.5) is 0 Å². The number of ether oxygens (including phenoxy) is 2. The lowest BCUT2D eigenvalue weighted by atomic mass is 10.0. The summed E-state index contributed by atoms with van der Waals surface area (Å²) in [6.45, 7) is 2.41. The molecule has 0 saturated heterocycles. The van der Waals surface area contributed by atoms with Gasteiger partial charge in [-0.2, -0.15) is 0 Å². The van der Waals surface area contributed by atoms with Crippen LogP contribution in [-0.4, -0.2) is 65.7 Å². The molecule has 0 amide bonds. The molecule has 0 aromatic heterocycles. The topological polar surface area (TPSA) is 149 Å². The minimum Gasteiger partial charge on any atom is -0.462 e. The number of hydrogen-bond acceptors (Lipinski definition) is 9. The van der Waals surface area contributed by atoms with Gasteiger partial charge in [0.25, 0.3) is 0 Å². The fraction of sp³-hybridized carbons (Fsp3) is 0.917. The Hall–Kier alpha value is -1.29. The lowest BCUT2D eigenvalue weighted by Crippen LogP contribution is -2.29. The van der Waals surface area contributed by atoms with E-state index >= 15 is 0 Å². The molecule has 0 bridgehead atoms. The Labute approximate surface area is 362 Å². The van der Waals surface area contributed by atoms with Gasteiger partial charge in [-0.05, 0) is 38.5 Å². The molecule has 0 aliphatic rings. The zero-order chi connectivity index (χ0) is 43.3. The normalized spacial score (nSPS) is 13.8. The molecule has 59 heavy (non-hydrogen) atoms. The van der Waals surface area contributed by atoms with Crippen molar-refractivity contribution < 1.29 is 47.8 Å². The Morgan fingerprint density at radius 2 is 0.831 bits per heavy atom. The number of allylic oxidation sites excluding steroid dienone is 2. The van der Waals surface area contributed by atoms with Crippen LogP contribution < -0.4 is 0 Å². The van der Waals surface area contributed by atoms with Crippen LogP contribution in [0, 0.1) is 0 Å². The number of aliphatic hydroxyl groups excluding tert-OH is 2. The van der Waals surface area contributed by atoms with Gasteiger partial charge < -0.3 is 24.6 Å². The average Bonchev–Trinajstić information content (AvgIpc) is 3.22. The van der Waals surface area contributed by atoms with Crippen LogP contribution in [-0.2, 0) is 32.7 Å². The van der Waals surface area contributed by atoms with Crippen molar-refractivity contribution in [2.45, 2.75) is 257 Å². The van der Waals surface area contributed by atoms with E-state index < -0.39 is 51.8 Å². The van der Waals surface area contributed by atoms with Gasteiger partial charge >= 0.3 is 19.8 Å². The van der Waals surface area contributed by atoms with E-state index in [4.69, 9.17) is 23.6 Å². The van der Waals surface area contributed by atoms with Crippen molar-refractivity contribution in [2.24, 2.45) is 0 Å². The Kier molecular flexibility index (Phi) is 43.8. The molecule has 0 aliphatic carbocycles. The SMILES string of the molecule is CCCCCCCCCCC/C=C/CCCCC(=O)O[C@@H](COC(=O)CCCCCCCCCCCCCCCCCCCCCCC)COP(=O)(O)OC[C@H](O)CO. The molecule has 0 aliphatic heterocycles. The van der Waals surface area contributed by atoms with Crippen molar-refractivity contribution in [2.75, 3.05) is 26.4 Å². The second kappa shape index (κ2) is 44.8. The molecular weight excluding hydrogens is 767 g/mol. The molecule has 3 N–H and O–H groups in total. The molecule has 0 rings (SSSR count). The molecule has 0 radical (unpaired) electrons. The van der Waals surface area contributed by atoms with Crippen molar-refractivity contribution in [3.63, 3.8) is 0 Å². The predicted molar refractivity (Wildman–Crippen MR) is 242 cm³/mol. The summed E-state index contributed by atoms with van der Waals surface area (Å²) >= 11 is 0. The van der Waals surface area contributed by atoms with E-state index in [0.29, 0.717) is 12.8 Å². The summed E-state index contributed by atoms with van der Waals surface area (Å²) in [5.41, 5.74) is 0. The first-order chi connectivity index (χ1) is 28.7. The first-order valence-electron chi connectivity index (χ1n) is 24.6. The second-order valence-electron chi connectivity index (χ2n) is 16.8. The number of carbonyl (C=O) groups is 2. The smallest absolute Gasteiger partial charge is 0.462 e. The first-order valence-corrected chi connectivity index (χ1v) is 26.1. The van der Waals surface area contributed by atoms with Gasteiger partial charge in [-0.25, -0.2) is 4.57 Å². The number of phosphoric ester groups is 1. The quantitative estimate of drug-likeness (QED) is 0.0234.